The standard InChI is InChI=1S/C21H21NO/c1-2-4-6-8-10-12-14-16-18-20-22-23-21-19-17-15-13-11-9-7-5-3-1/h1-21H/b2-1-,5-3-,6-4-,9-7+,10-8-,13-11-,14-12-,17-15-,18-16-,21-19-,22-20-. The molecule has 1 aliphatic heterocycles. The minimum atomic E-state index is 1.51. The maximum Gasteiger partial charge on any atom is 0.122 e. The third-order valence-corrected chi connectivity index (χ3v) is 2.35. The van der Waals surface area contributed by atoms with Crippen molar-refractivity contribution in [3.8, 4) is 0 Å². The Balaban J connectivity index is 2.63. The molecule has 0 N–H and O–H groups in total. The summed E-state index contributed by atoms with van der Waals surface area (Å²) in [6, 6.07) is 0. The molecule has 0 radical (unpaired) electrons. The molecule has 0 atom stereocenters. The van der Waals surface area contributed by atoms with Crippen LogP contribution in [0.3, 0.4) is 0 Å². The van der Waals surface area contributed by atoms with Crippen LogP contribution < -0.4 is 0 Å². The molecule has 0 spiro atoms. The van der Waals surface area contributed by atoms with Gasteiger partial charge in [0.15, 0.2) is 0 Å². The third-order valence-electron chi connectivity index (χ3n) is 2.35. The lowest BCUT2D eigenvalue weighted by Crippen LogP contribution is -1.68. The van der Waals surface area contributed by atoms with Gasteiger partial charge in [0.2, 0.25) is 0 Å². The number of oxime groups is 1. The van der Waals surface area contributed by atoms with Crippen molar-refractivity contribution in [3.05, 3.63) is 122 Å². The highest BCUT2D eigenvalue weighted by Crippen LogP contribution is 1.87. The van der Waals surface area contributed by atoms with Crippen molar-refractivity contribution >= 4 is 6.21 Å². The predicted octanol–water partition coefficient (Wildman–Crippen LogP) is 5.52. The number of hydrogen-bond donors (Lipinski definition) is 0. The van der Waals surface area contributed by atoms with E-state index in [0.717, 1.165) is 0 Å². The van der Waals surface area contributed by atoms with Crippen molar-refractivity contribution in [1.82, 2.24) is 0 Å². The number of hydrogen-bond acceptors (Lipinski definition) is 2. The van der Waals surface area contributed by atoms with Gasteiger partial charge in [-0.2, -0.15) is 0 Å². The minimum absolute atomic E-state index is 1.51. The number of nitrogens with zero attached hydrogens (tertiary/aromatic N) is 1. The summed E-state index contributed by atoms with van der Waals surface area (Å²) in [7, 11) is 0. The van der Waals surface area contributed by atoms with Gasteiger partial charge in [-0.25, -0.2) is 0 Å². The fourth-order valence-corrected chi connectivity index (χ4v) is 1.33. The molecule has 0 aromatic rings. The van der Waals surface area contributed by atoms with Crippen LogP contribution in [0.25, 0.3) is 0 Å². The van der Waals surface area contributed by atoms with Crippen LogP contribution >= 0.6 is 0 Å². The van der Waals surface area contributed by atoms with E-state index in [9.17, 15) is 0 Å². The summed E-state index contributed by atoms with van der Waals surface area (Å²) in [4.78, 5) is 4.94. The van der Waals surface area contributed by atoms with Crippen LogP contribution in [0.5, 0.6) is 0 Å². The number of rotatable bonds is 0. The van der Waals surface area contributed by atoms with E-state index in [4.69, 9.17) is 4.84 Å². The van der Waals surface area contributed by atoms with Crippen LogP contribution in [0.15, 0.2) is 127 Å². The quantitative estimate of drug-likeness (QED) is 0.577. The van der Waals surface area contributed by atoms with Crippen molar-refractivity contribution in [2.45, 2.75) is 0 Å². The van der Waals surface area contributed by atoms with Crippen LogP contribution in [0, 0.1) is 0 Å². The van der Waals surface area contributed by atoms with Gasteiger partial charge in [-0.1, -0.05) is 108 Å². The molecule has 2 nitrogen and oxygen atoms in total. The molecule has 0 amide bonds. The highest BCUT2D eigenvalue weighted by atomic mass is 16.6. The lowest BCUT2D eigenvalue weighted by atomic mass is 10.3. The Morgan fingerprint density at radius 1 is 0.348 bits per heavy atom. The Hall–Kier alpha value is -3.13. The number of allylic oxidation sites excluding steroid dienone is 19. The second-order valence-corrected chi connectivity index (χ2v) is 4.15. The van der Waals surface area contributed by atoms with Gasteiger partial charge in [-0.05, 0) is 12.2 Å². The molecule has 0 aliphatic carbocycles. The molecule has 0 unspecified atom stereocenters. The van der Waals surface area contributed by atoms with Crippen LogP contribution in [0.4, 0.5) is 0 Å². The molecule has 0 aromatic heterocycles. The van der Waals surface area contributed by atoms with Crippen LogP contribution in [0.1, 0.15) is 0 Å². The first kappa shape index (κ1) is 17.9. The zero-order valence-electron chi connectivity index (χ0n) is 13.0. The summed E-state index contributed by atoms with van der Waals surface area (Å²) in [5.41, 5.74) is 0. The van der Waals surface area contributed by atoms with Crippen molar-refractivity contribution in [1.29, 1.82) is 0 Å². The van der Waals surface area contributed by atoms with Gasteiger partial charge in [0.25, 0.3) is 0 Å². The first-order chi connectivity index (χ1) is 11.5. The molecule has 0 fully saturated rings. The molecular formula is C21H21NO. The second kappa shape index (κ2) is 15.3. The molecule has 2 heteroatoms. The van der Waals surface area contributed by atoms with Crippen LogP contribution in [-0.4, -0.2) is 6.21 Å². The average Bonchev–Trinajstić information content (AvgIpc) is 2.56. The SMILES string of the molecule is C1=C\C=C/C=C\C=N/O/C=C\C=C/C=C\C=C\C=C/C=C\C=C/1. The minimum Gasteiger partial charge on any atom is -0.365 e. The predicted molar refractivity (Wildman–Crippen MR) is 101 cm³/mol. The van der Waals surface area contributed by atoms with Gasteiger partial charge in [-0.15, -0.1) is 0 Å². The summed E-state index contributed by atoms with van der Waals surface area (Å²) in [6.07, 6.45) is 39.8. The fourth-order valence-electron chi connectivity index (χ4n) is 1.33. The lowest BCUT2D eigenvalue weighted by Gasteiger charge is -1.83. The van der Waals surface area contributed by atoms with E-state index >= 15 is 0 Å². The smallest absolute Gasteiger partial charge is 0.122 e. The van der Waals surface area contributed by atoms with E-state index in [1.54, 1.807) is 18.4 Å². The van der Waals surface area contributed by atoms with Gasteiger partial charge in [0.05, 0.1) is 6.21 Å². The molecule has 0 aromatic carbocycles. The average molecular weight is 303 g/mol. The Kier molecular flexibility index (Phi) is 11.9. The van der Waals surface area contributed by atoms with Crippen molar-refractivity contribution in [3.63, 3.8) is 0 Å². The van der Waals surface area contributed by atoms with E-state index < -0.39 is 0 Å². The Morgan fingerprint density at radius 3 is 1.04 bits per heavy atom. The Bertz CT molecular complexity index is 564. The highest BCUT2D eigenvalue weighted by Gasteiger charge is 1.69. The molecular weight excluding hydrogens is 282 g/mol. The summed E-state index contributed by atoms with van der Waals surface area (Å²) < 4.78 is 0. The third kappa shape index (κ3) is 13.6. The van der Waals surface area contributed by atoms with Crippen LogP contribution in [-0.2, 0) is 4.84 Å². The first-order valence-electron chi connectivity index (χ1n) is 7.34. The molecule has 0 saturated carbocycles. The first-order valence-corrected chi connectivity index (χ1v) is 7.34. The van der Waals surface area contributed by atoms with E-state index in [2.05, 4.69) is 5.16 Å². The van der Waals surface area contributed by atoms with Gasteiger partial charge >= 0.3 is 0 Å². The van der Waals surface area contributed by atoms with E-state index in [1.807, 2.05) is 103 Å². The van der Waals surface area contributed by atoms with E-state index in [0.29, 0.717) is 0 Å². The normalized spacial score (nSPS) is 31.3. The fraction of sp³-hybridized carbons (Fsp3) is 0. The Morgan fingerprint density at radius 2 is 0.652 bits per heavy atom. The van der Waals surface area contributed by atoms with Gasteiger partial charge < -0.3 is 4.84 Å². The molecule has 0 bridgehead atoms. The maximum atomic E-state index is 4.94. The van der Waals surface area contributed by atoms with Crippen molar-refractivity contribution in [2.75, 3.05) is 0 Å². The summed E-state index contributed by atoms with van der Waals surface area (Å²) >= 11 is 0. The molecule has 116 valence electrons. The molecule has 23 heavy (non-hydrogen) atoms. The monoisotopic (exact) mass is 303 g/mol. The summed E-state index contributed by atoms with van der Waals surface area (Å²) in [6.45, 7) is 0. The topological polar surface area (TPSA) is 21.6 Å². The zero-order valence-corrected chi connectivity index (χ0v) is 13.0. The Labute approximate surface area is 138 Å². The van der Waals surface area contributed by atoms with Gasteiger partial charge in [-0.3, -0.25) is 0 Å². The second-order valence-electron chi connectivity index (χ2n) is 4.15. The molecule has 0 saturated heterocycles. The lowest BCUT2D eigenvalue weighted by molar-refractivity contribution is 0.271. The largest absolute Gasteiger partial charge is 0.365 e. The van der Waals surface area contributed by atoms with E-state index in [1.165, 1.54) is 6.26 Å². The summed E-state index contributed by atoms with van der Waals surface area (Å²) in [5.74, 6) is 0. The molecule has 1 rings (SSSR count). The van der Waals surface area contributed by atoms with Gasteiger partial charge in [0, 0.05) is 0 Å². The highest BCUT2D eigenvalue weighted by molar-refractivity contribution is 5.70. The molecule has 1 heterocycles. The van der Waals surface area contributed by atoms with Crippen LogP contribution in [0.2, 0.25) is 0 Å². The maximum absolute atomic E-state index is 4.94. The van der Waals surface area contributed by atoms with Gasteiger partial charge in [0.1, 0.15) is 6.26 Å². The summed E-state index contributed by atoms with van der Waals surface area (Å²) in [5, 5.41) is 3.75. The van der Waals surface area contributed by atoms with Crippen molar-refractivity contribution < 1.29 is 4.84 Å². The zero-order chi connectivity index (χ0) is 16.3. The van der Waals surface area contributed by atoms with E-state index in [-0.39, 0.29) is 0 Å². The molecule has 1 aliphatic rings. The van der Waals surface area contributed by atoms with Crippen molar-refractivity contribution in [2.24, 2.45) is 5.16 Å².